The lowest BCUT2D eigenvalue weighted by molar-refractivity contribution is -0.140. The number of benzene rings is 1. The molecule has 0 unspecified atom stereocenters. The molecule has 3 amide bonds. The van der Waals surface area contributed by atoms with Crippen LogP contribution in [0.3, 0.4) is 0 Å². The molecule has 2 saturated heterocycles. The number of nitrogens with zero attached hydrogens (tertiary/aromatic N) is 3. The average molecular weight is 977 g/mol. The third-order valence-electron chi connectivity index (χ3n) is 13.8. The molecule has 6 atom stereocenters. The van der Waals surface area contributed by atoms with E-state index < -0.39 is 92.0 Å². The lowest BCUT2D eigenvalue weighted by atomic mass is 9.89. The van der Waals surface area contributed by atoms with E-state index in [0.717, 1.165) is 15.5 Å². The number of ether oxygens (including phenoxy) is 2. The summed E-state index contributed by atoms with van der Waals surface area (Å²) in [4.78, 5) is 69.9. The zero-order valence-electron chi connectivity index (χ0n) is 40.9. The van der Waals surface area contributed by atoms with Gasteiger partial charge in [-0.3, -0.25) is 23.5 Å². The molecule has 21 heteroatoms. The van der Waals surface area contributed by atoms with Crippen molar-refractivity contribution in [3.8, 4) is 0 Å². The van der Waals surface area contributed by atoms with Crippen LogP contribution in [0, 0.1) is 12.8 Å². The predicted octanol–water partition coefficient (Wildman–Crippen LogP) is 4.98. The van der Waals surface area contributed by atoms with E-state index in [1.807, 2.05) is 77.3 Å². The quantitative estimate of drug-likeness (QED) is 0.115. The van der Waals surface area contributed by atoms with Crippen molar-refractivity contribution >= 4 is 44.7 Å². The maximum atomic E-state index is 14.6. The third kappa shape index (κ3) is 11.2. The van der Waals surface area contributed by atoms with Crippen LogP contribution in [0.1, 0.15) is 92.0 Å². The van der Waals surface area contributed by atoms with Gasteiger partial charge in [-0.15, -0.1) is 0 Å². The Kier molecular flexibility index (Phi) is 15.9. The molecule has 3 aliphatic heterocycles. The van der Waals surface area contributed by atoms with Crippen molar-refractivity contribution in [3.63, 3.8) is 0 Å². The molecule has 2 fully saturated rings. The fourth-order valence-corrected chi connectivity index (χ4v) is 11.3. The summed E-state index contributed by atoms with van der Waals surface area (Å²) in [6.45, 7) is 25.7. The Hall–Kier alpha value is -4.13. The van der Waals surface area contributed by atoms with E-state index in [1.165, 1.54) is 15.7 Å². The van der Waals surface area contributed by atoms with Crippen LogP contribution in [-0.2, 0) is 55.4 Å². The van der Waals surface area contributed by atoms with Gasteiger partial charge in [0.05, 0.1) is 17.7 Å². The van der Waals surface area contributed by atoms with Gasteiger partial charge in [0.2, 0.25) is 11.8 Å². The number of alkyl carbamates (subject to hydrolysis) is 1. The number of carbonyl (C=O) groups excluding carboxylic acids is 3. The largest absolute Gasteiger partial charge is 0.445 e. The monoisotopic (exact) mass is 976 g/mol. The normalized spacial score (nSPS) is 23.8. The fourth-order valence-electron chi connectivity index (χ4n) is 7.81. The number of nitrogens with two attached hydrogens (primary N) is 1. The minimum absolute atomic E-state index is 0.0335. The fraction of sp³-hybridized carbons (Fsp3) is 0.667. The van der Waals surface area contributed by atoms with Crippen LogP contribution in [0.4, 0.5) is 4.79 Å². The van der Waals surface area contributed by atoms with Crippen molar-refractivity contribution in [1.29, 1.82) is 0 Å². The summed E-state index contributed by atoms with van der Waals surface area (Å²) in [7, 11) is -9.62. The zero-order chi connectivity index (χ0) is 49.4. The number of hydrogen-bond donors (Lipinski definition) is 3. The summed E-state index contributed by atoms with van der Waals surface area (Å²) in [6, 6.07) is 7.44. The number of hydrogen-bond acceptors (Lipinski definition) is 13. The average Bonchev–Trinajstić information content (AvgIpc) is 3.89. The molecule has 18 nitrogen and oxygen atoms in total. The highest BCUT2D eigenvalue weighted by molar-refractivity contribution is 7.90. The molecule has 368 valence electrons. The lowest BCUT2D eigenvalue weighted by Crippen LogP contribution is -2.59. The van der Waals surface area contributed by atoms with Crippen LogP contribution in [-0.4, -0.2) is 107 Å². The van der Waals surface area contributed by atoms with Gasteiger partial charge in [0.25, 0.3) is 15.7 Å². The Morgan fingerprint density at radius 2 is 1.64 bits per heavy atom. The Morgan fingerprint density at radius 1 is 1.00 bits per heavy atom. The molecular formula is C45H72N6O12SSi2. The maximum Gasteiger partial charge on any atom is 0.408 e. The van der Waals surface area contributed by atoms with Gasteiger partial charge in [-0.2, -0.15) is 8.42 Å². The number of likely N-dealkylation sites (tertiary alicyclic amines) is 1. The van der Waals surface area contributed by atoms with Crippen LogP contribution >= 0.6 is 0 Å². The van der Waals surface area contributed by atoms with Crippen molar-refractivity contribution in [2.75, 3.05) is 19.7 Å². The van der Waals surface area contributed by atoms with E-state index in [1.54, 1.807) is 20.8 Å². The Bertz CT molecular complexity index is 2370. The Balaban J connectivity index is 1.36. The smallest absolute Gasteiger partial charge is 0.408 e. The molecule has 0 saturated carbocycles. The van der Waals surface area contributed by atoms with Crippen molar-refractivity contribution < 1.29 is 45.3 Å². The first kappa shape index (κ1) is 52.8. The standard InChI is InChI=1S/C45H72N6O12SSi2/c1-29(2)35(48-41(55)59-26-31-19-15-14-16-20-31)39(54)49-23-17-21-32(49)37(52)47-22-18-24-50-38(53)30(3)25-51(42(50)56)40-36(62-66(12,13)44(7,8)9)45(33(46)28-64(57,58)63-45)34(61-40)27-60-65(10,11)43(4,5)6/h14-16,19-20,25,28-29,32,34-36,40H,17-18,21-24,26-27,46H2,1-13H3,(H,47,52)(H,48,55)/t32-,34-,35+,36+,40-,45-/m1/s1. The number of nitrogens with one attached hydrogen (secondary N) is 2. The van der Waals surface area contributed by atoms with Gasteiger partial charge in [-0.05, 0) is 73.9 Å². The van der Waals surface area contributed by atoms with E-state index in [2.05, 4.69) is 31.4 Å². The second-order valence-corrected chi connectivity index (χ2v) is 32.0. The first-order valence-electron chi connectivity index (χ1n) is 22.7. The van der Waals surface area contributed by atoms with Gasteiger partial charge in [0.1, 0.15) is 30.9 Å². The topological polar surface area (TPSA) is 229 Å². The highest BCUT2D eigenvalue weighted by Gasteiger charge is 2.67. The molecule has 1 aromatic carbocycles. The summed E-state index contributed by atoms with van der Waals surface area (Å²) in [5, 5.41) is 5.80. The van der Waals surface area contributed by atoms with Crippen LogP contribution < -0.4 is 27.6 Å². The van der Waals surface area contributed by atoms with Gasteiger partial charge < -0.3 is 39.6 Å². The van der Waals surface area contributed by atoms with Gasteiger partial charge >= 0.3 is 11.8 Å². The highest BCUT2D eigenvalue weighted by atomic mass is 32.2. The Labute approximate surface area is 391 Å². The minimum Gasteiger partial charge on any atom is -0.445 e. The molecule has 3 aliphatic rings. The van der Waals surface area contributed by atoms with Crippen molar-refractivity contribution in [3.05, 3.63) is 79.6 Å². The highest BCUT2D eigenvalue weighted by Crippen LogP contribution is 2.52. The van der Waals surface area contributed by atoms with Gasteiger partial charge in [-0.1, -0.05) is 85.7 Å². The summed E-state index contributed by atoms with van der Waals surface area (Å²) < 4.78 is 60.4. The first-order valence-corrected chi connectivity index (χ1v) is 30.0. The molecular weight excluding hydrogens is 905 g/mol. The van der Waals surface area contributed by atoms with Crippen molar-refractivity contribution in [1.82, 2.24) is 24.7 Å². The second kappa shape index (κ2) is 19.8. The summed E-state index contributed by atoms with van der Waals surface area (Å²) in [5.74, 6) is -1.10. The van der Waals surface area contributed by atoms with Crippen LogP contribution in [0.15, 0.2) is 57.2 Å². The summed E-state index contributed by atoms with van der Waals surface area (Å²) >= 11 is 0. The number of aromatic nitrogens is 2. The number of carbonyl (C=O) groups is 3. The second-order valence-electron chi connectivity index (χ2n) is 21.0. The summed E-state index contributed by atoms with van der Waals surface area (Å²) in [5.41, 5.74) is 4.27. The van der Waals surface area contributed by atoms with Crippen molar-refractivity contribution in [2.45, 2.75) is 167 Å². The molecule has 0 bridgehead atoms. The molecule has 1 spiro atoms. The maximum absolute atomic E-state index is 14.6. The lowest BCUT2D eigenvalue weighted by Gasteiger charge is -2.43. The first-order chi connectivity index (χ1) is 30.4. The summed E-state index contributed by atoms with van der Waals surface area (Å²) in [6.07, 6.45) is -1.95. The minimum atomic E-state index is -4.32. The van der Waals surface area contributed by atoms with Crippen LogP contribution in [0.25, 0.3) is 0 Å². The van der Waals surface area contributed by atoms with E-state index in [0.29, 0.717) is 19.4 Å². The van der Waals surface area contributed by atoms with E-state index >= 15 is 0 Å². The zero-order valence-corrected chi connectivity index (χ0v) is 43.7. The number of rotatable bonds is 16. The third-order valence-corrected chi connectivity index (χ3v) is 23.8. The van der Waals surface area contributed by atoms with E-state index in [-0.39, 0.29) is 60.0 Å². The van der Waals surface area contributed by atoms with Crippen LogP contribution in [0.5, 0.6) is 0 Å². The molecule has 1 aromatic heterocycles. The van der Waals surface area contributed by atoms with Crippen LogP contribution in [0.2, 0.25) is 36.3 Å². The SMILES string of the molecule is Cc1cn([C@@H]2O[C@H](CO[Si](C)(C)C(C)(C)C)[C@@]3(OS(=O)(=O)C=C3N)[C@H]2O[Si](C)(C)C(C)(C)C)c(=O)n(CCCNC(=O)[C@H]2CCCN2C(=O)[C@@H](NC(=O)OCc2ccccc2)C(C)C)c1=O. The van der Waals surface area contributed by atoms with Gasteiger partial charge in [-0.25, -0.2) is 13.8 Å². The molecule has 5 rings (SSSR count). The molecule has 2 aromatic rings. The number of amides is 3. The number of aryl methyl sites for hydroxylation is 1. The molecule has 4 N–H and O–H groups in total. The predicted molar refractivity (Wildman–Crippen MR) is 255 cm³/mol. The molecule has 0 radical (unpaired) electrons. The van der Waals surface area contributed by atoms with E-state index in [4.69, 9.17) is 28.2 Å². The molecule has 66 heavy (non-hydrogen) atoms. The van der Waals surface area contributed by atoms with Gasteiger partial charge in [0, 0.05) is 31.4 Å². The van der Waals surface area contributed by atoms with Crippen molar-refractivity contribution in [2.24, 2.45) is 11.7 Å². The molecule has 0 aliphatic carbocycles. The van der Waals surface area contributed by atoms with Gasteiger partial charge in [0.15, 0.2) is 28.5 Å². The van der Waals surface area contributed by atoms with E-state index in [9.17, 15) is 32.4 Å². The Morgan fingerprint density at radius 3 is 2.21 bits per heavy atom. The molecule has 4 heterocycles.